The third kappa shape index (κ3) is 4.27. The van der Waals surface area contributed by atoms with Gasteiger partial charge in [-0.3, -0.25) is 9.59 Å². The first-order valence-electron chi connectivity index (χ1n) is 5.84. The fourth-order valence-corrected chi connectivity index (χ4v) is 1.52. The number of hydrogen-bond donors (Lipinski definition) is 3. The van der Waals surface area contributed by atoms with Crippen molar-refractivity contribution < 1.29 is 29.3 Å². The zero-order chi connectivity index (χ0) is 15.1. The Balaban J connectivity index is 2.71. The number of phenolic OH excluding ortho intramolecular Hbond substituents is 1. The van der Waals surface area contributed by atoms with Gasteiger partial charge in [0.2, 0.25) is 0 Å². The summed E-state index contributed by atoms with van der Waals surface area (Å²) in [6.07, 6.45) is -0.226. The Morgan fingerprint density at radius 3 is 2.50 bits per heavy atom. The molecule has 20 heavy (non-hydrogen) atoms. The molecular formula is C13H15NO6. The lowest BCUT2D eigenvalue weighted by Gasteiger charge is -2.14. The summed E-state index contributed by atoms with van der Waals surface area (Å²) in [6, 6.07) is 4.53. The number of carboxylic acid groups (broad SMARTS) is 1. The van der Waals surface area contributed by atoms with E-state index in [0.717, 1.165) is 0 Å². The first kappa shape index (κ1) is 15.5. The Kier molecular flexibility index (Phi) is 5.52. The van der Waals surface area contributed by atoms with Crippen LogP contribution in [0.1, 0.15) is 23.2 Å². The second-order valence-corrected chi connectivity index (χ2v) is 4.00. The molecule has 1 atom stereocenters. The molecule has 0 aliphatic rings. The molecule has 0 radical (unpaired) electrons. The second-order valence-electron chi connectivity index (χ2n) is 4.00. The molecular weight excluding hydrogens is 266 g/mol. The number of esters is 1. The van der Waals surface area contributed by atoms with Crippen LogP contribution in [0.4, 0.5) is 0 Å². The van der Waals surface area contributed by atoms with E-state index in [1.165, 1.54) is 25.3 Å². The van der Waals surface area contributed by atoms with Crippen LogP contribution in [0, 0.1) is 0 Å². The summed E-state index contributed by atoms with van der Waals surface area (Å²) in [5.41, 5.74) is -0.0307. The molecule has 0 heterocycles. The van der Waals surface area contributed by atoms with Gasteiger partial charge in [0.1, 0.15) is 11.8 Å². The number of ether oxygens (including phenoxy) is 1. The van der Waals surface area contributed by atoms with Gasteiger partial charge >= 0.3 is 11.9 Å². The van der Waals surface area contributed by atoms with Gasteiger partial charge in [-0.15, -0.1) is 0 Å². The Labute approximate surface area is 115 Å². The molecule has 0 saturated carbocycles. The molecule has 0 aliphatic heterocycles. The number of methoxy groups -OCH3 is 1. The van der Waals surface area contributed by atoms with E-state index in [2.05, 4.69) is 10.1 Å². The van der Waals surface area contributed by atoms with E-state index >= 15 is 0 Å². The second kappa shape index (κ2) is 7.13. The van der Waals surface area contributed by atoms with Crippen LogP contribution in [-0.4, -0.2) is 41.2 Å². The van der Waals surface area contributed by atoms with Crippen molar-refractivity contribution in [3.8, 4) is 5.75 Å². The van der Waals surface area contributed by atoms with Crippen molar-refractivity contribution in [3.05, 3.63) is 29.8 Å². The summed E-state index contributed by atoms with van der Waals surface area (Å²) in [4.78, 5) is 33.8. The van der Waals surface area contributed by atoms with Gasteiger partial charge < -0.3 is 20.3 Å². The number of para-hydroxylation sites is 1. The molecule has 3 N–H and O–H groups in total. The maximum absolute atomic E-state index is 11.8. The van der Waals surface area contributed by atoms with Gasteiger partial charge in [0.25, 0.3) is 5.91 Å². The topological polar surface area (TPSA) is 113 Å². The quantitative estimate of drug-likeness (QED) is 0.655. The van der Waals surface area contributed by atoms with Gasteiger partial charge in [-0.05, 0) is 18.6 Å². The highest BCUT2D eigenvalue weighted by Gasteiger charge is 2.22. The van der Waals surface area contributed by atoms with Gasteiger partial charge in [0, 0.05) is 6.42 Å². The summed E-state index contributed by atoms with van der Waals surface area (Å²) >= 11 is 0. The van der Waals surface area contributed by atoms with E-state index in [9.17, 15) is 19.5 Å². The fraction of sp³-hybridized carbons (Fsp3) is 0.308. The van der Waals surface area contributed by atoms with E-state index in [0.29, 0.717) is 0 Å². The van der Waals surface area contributed by atoms with E-state index in [4.69, 9.17) is 5.11 Å². The highest BCUT2D eigenvalue weighted by Crippen LogP contribution is 2.15. The molecule has 0 spiro atoms. The van der Waals surface area contributed by atoms with Crippen LogP contribution in [0.15, 0.2) is 24.3 Å². The number of aliphatic carboxylic acids is 1. The Morgan fingerprint density at radius 2 is 1.95 bits per heavy atom. The Bertz CT molecular complexity index is 513. The number of hydrogen-bond acceptors (Lipinski definition) is 5. The minimum absolute atomic E-state index is 0.0307. The maximum atomic E-state index is 11.8. The minimum atomic E-state index is -1.27. The predicted molar refractivity (Wildman–Crippen MR) is 68.2 cm³/mol. The van der Waals surface area contributed by atoms with Crippen LogP contribution in [0.3, 0.4) is 0 Å². The smallest absolute Gasteiger partial charge is 0.326 e. The molecule has 7 nitrogen and oxygen atoms in total. The molecule has 0 unspecified atom stereocenters. The summed E-state index contributed by atoms with van der Waals surface area (Å²) in [6.45, 7) is 0. The number of carbonyl (C=O) groups is 3. The molecule has 7 heteroatoms. The third-order valence-electron chi connectivity index (χ3n) is 2.62. The summed E-state index contributed by atoms with van der Waals surface area (Å²) < 4.78 is 4.40. The van der Waals surface area contributed by atoms with Crippen LogP contribution < -0.4 is 5.32 Å². The van der Waals surface area contributed by atoms with Crippen molar-refractivity contribution in [2.24, 2.45) is 0 Å². The van der Waals surface area contributed by atoms with Gasteiger partial charge in [-0.2, -0.15) is 0 Å². The summed E-state index contributed by atoms with van der Waals surface area (Å²) in [5, 5.41) is 20.7. The van der Waals surface area contributed by atoms with Crippen molar-refractivity contribution >= 4 is 17.8 Å². The molecule has 0 aliphatic carbocycles. The largest absolute Gasteiger partial charge is 0.507 e. The van der Waals surface area contributed by atoms with E-state index < -0.39 is 23.9 Å². The lowest BCUT2D eigenvalue weighted by molar-refractivity contribution is -0.142. The molecule has 0 aromatic heterocycles. The highest BCUT2D eigenvalue weighted by atomic mass is 16.5. The number of rotatable bonds is 6. The van der Waals surface area contributed by atoms with Crippen molar-refractivity contribution in [1.82, 2.24) is 5.32 Å². The van der Waals surface area contributed by atoms with Gasteiger partial charge in [-0.1, -0.05) is 12.1 Å². The minimum Gasteiger partial charge on any atom is -0.507 e. The normalized spacial score (nSPS) is 11.4. The van der Waals surface area contributed by atoms with E-state index in [1.54, 1.807) is 6.07 Å². The van der Waals surface area contributed by atoms with E-state index in [-0.39, 0.29) is 24.2 Å². The molecule has 108 valence electrons. The predicted octanol–water partition coefficient (Wildman–Crippen LogP) is 0.528. The number of nitrogens with one attached hydrogen (secondary N) is 1. The molecule has 0 fully saturated rings. The Hall–Kier alpha value is -2.57. The standard InChI is InChI=1S/C13H15NO6/c1-20-11(16)7-6-9(13(18)19)14-12(17)8-4-2-3-5-10(8)15/h2-5,9,15H,6-7H2,1H3,(H,14,17)(H,18,19)/t9-/m1/s1. The zero-order valence-electron chi connectivity index (χ0n) is 10.8. The molecule has 0 bridgehead atoms. The monoisotopic (exact) mass is 281 g/mol. The molecule has 0 saturated heterocycles. The molecule has 1 amide bonds. The first-order valence-corrected chi connectivity index (χ1v) is 5.84. The first-order chi connectivity index (χ1) is 9.45. The summed E-state index contributed by atoms with van der Waals surface area (Å²) in [7, 11) is 1.19. The number of benzene rings is 1. The highest BCUT2D eigenvalue weighted by molar-refractivity contribution is 5.98. The Morgan fingerprint density at radius 1 is 1.30 bits per heavy atom. The molecule has 1 rings (SSSR count). The third-order valence-corrected chi connectivity index (χ3v) is 2.62. The number of phenols is 1. The average Bonchev–Trinajstić information content (AvgIpc) is 2.42. The van der Waals surface area contributed by atoms with Gasteiger partial charge in [-0.25, -0.2) is 4.79 Å². The van der Waals surface area contributed by atoms with E-state index in [1.807, 2.05) is 0 Å². The molecule has 1 aromatic rings. The van der Waals surface area contributed by atoms with Crippen LogP contribution in [0.25, 0.3) is 0 Å². The van der Waals surface area contributed by atoms with Crippen LogP contribution >= 0.6 is 0 Å². The SMILES string of the molecule is COC(=O)CC[C@@H](NC(=O)c1ccccc1O)C(=O)O. The van der Waals surface area contributed by atoms with Crippen LogP contribution in [-0.2, 0) is 14.3 Å². The van der Waals surface area contributed by atoms with Crippen molar-refractivity contribution in [2.45, 2.75) is 18.9 Å². The zero-order valence-corrected chi connectivity index (χ0v) is 10.8. The van der Waals surface area contributed by atoms with Crippen molar-refractivity contribution in [3.63, 3.8) is 0 Å². The number of carbonyl (C=O) groups excluding carboxylic acids is 2. The number of carboxylic acids is 1. The van der Waals surface area contributed by atoms with Crippen LogP contribution in [0.5, 0.6) is 5.75 Å². The van der Waals surface area contributed by atoms with Crippen molar-refractivity contribution in [2.75, 3.05) is 7.11 Å². The van der Waals surface area contributed by atoms with Crippen molar-refractivity contribution in [1.29, 1.82) is 0 Å². The number of amides is 1. The van der Waals surface area contributed by atoms with Gasteiger partial charge in [0.05, 0.1) is 12.7 Å². The van der Waals surface area contributed by atoms with Crippen LogP contribution in [0.2, 0.25) is 0 Å². The fourth-order valence-electron chi connectivity index (χ4n) is 1.52. The lowest BCUT2D eigenvalue weighted by atomic mass is 10.1. The number of aromatic hydroxyl groups is 1. The molecule has 1 aromatic carbocycles. The van der Waals surface area contributed by atoms with Gasteiger partial charge in [0.15, 0.2) is 0 Å². The maximum Gasteiger partial charge on any atom is 0.326 e. The lowest BCUT2D eigenvalue weighted by Crippen LogP contribution is -2.41. The average molecular weight is 281 g/mol. The summed E-state index contributed by atoms with van der Waals surface area (Å²) in [5.74, 6) is -2.80.